The van der Waals surface area contributed by atoms with Crippen LogP contribution in [0.3, 0.4) is 0 Å². The fourth-order valence-electron chi connectivity index (χ4n) is 4.50. The smallest absolute Gasteiger partial charge is 0.217 e. The fourth-order valence-corrected chi connectivity index (χ4v) is 4.50. The van der Waals surface area contributed by atoms with E-state index in [-0.39, 0.29) is 11.7 Å². The molecule has 2 aromatic carbocycles. The molecule has 4 rings (SSSR count). The lowest BCUT2D eigenvalue weighted by atomic mass is 9.80. The van der Waals surface area contributed by atoms with Gasteiger partial charge in [-0.25, -0.2) is 4.39 Å². The molecular formula is C24H29FN2O4. The van der Waals surface area contributed by atoms with Crippen molar-refractivity contribution < 1.29 is 23.8 Å². The van der Waals surface area contributed by atoms with Gasteiger partial charge in [0.1, 0.15) is 5.82 Å². The van der Waals surface area contributed by atoms with Crippen LogP contribution in [-0.4, -0.2) is 48.8 Å². The predicted molar refractivity (Wildman–Crippen MR) is 115 cm³/mol. The van der Waals surface area contributed by atoms with E-state index in [2.05, 4.69) is 10.2 Å². The van der Waals surface area contributed by atoms with E-state index >= 15 is 0 Å². The topological polar surface area (TPSA) is 71.0 Å². The highest BCUT2D eigenvalue weighted by Crippen LogP contribution is 2.36. The second-order valence-corrected chi connectivity index (χ2v) is 8.32. The molecule has 0 spiro atoms. The Kier molecular flexibility index (Phi) is 6.43. The number of carbonyl (C=O) groups is 1. The van der Waals surface area contributed by atoms with Gasteiger partial charge in [-0.15, -0.1) is 0 Å². The lowest BCUT2D eigenvalue weighted by molar-refractivity contribution is -0.121. The molecule has 2 aliphatic rings. The molecule has 6 nitrogen and oxygen atoms in total. The number of hydrogen-bond donors (Lipinski definition) is 2. The minimum atomic E-state index is -0.728. The largest absolute Gasteiger partial charge is 0.490 e. The summed E-state index contributed by atoms with van der Waals surface area (Å²) in [5.74, 6) is 0.884. The molecule has 0 saturated carbocycles. The zero-order valence-electron chi connectivity index (χ0n) is 17.8. The summed E-state index contributed by atoms with van der Waals surface area (Å²) < 4.78 is 25.9. The van der Waals surface area contributed by atoms with Crippen LogP contribution in [-0.2, 0) is 10.3 Å². The molecule has 2 N–H and O–H groups in total. The van der Waals surface area contributed by atoms with Crippen LogP contribution in [0.5, 0.6) is 11.5 Å². The first-order chi connectivity index (χ1) is 15.0. The van der Waals surface area contributed by atoms with Gasteiger partial charge in [0.25, 0.3) is 0 Å². The third kappa shape index (κ3) is 4.83. The number of nitrogens with one attached hydrogen (secondary N) is 1. The van der Waals surface area contributed by atoms with Crippen LogP contribution < -0.4 is 14.8 Å². The Morgan fingerprint density at radius 1 is 1.16 bits per heavy atom. The molecule has 1 fully saturated rings. The van der Waals surface area contributed by atoms with Crippen molar-refractivity contribution >= 4 is 5.91 Å². The van der Waals surface area contributed by atoms with Crippen LogP contribution in [0.1, 0.15) is 43.4 Å². The molecule has 0 aliphatic carbocycles. The highest BCUT2D eigenvalue weighted by Gasteiger charge is 2.39. The van der Waals surface area contributed by atoms with E-state index in [0.29, 0.717) is 62.8 Å². The summed E-state index contributed by atoms with van der Waals surface area (Å²) in [6.07, 6.45) is 1.29. The van der Waals surface area contributed by atoms with Crippen LogP contribution in [0.25, 0.3) is 0 Å². The summed E-state index contributed by atoms with van der Waals surface area (Å²) in [4.78, 5) is 14.0. The molecule has 1 saturated heterocycles. The van der Waals surface area contributed by atoms with E-state index in [1.807, 2.05) is 18.2 Å². The number of halogens is 1. The van der Waals surface area contributed by atoms with Crippen molar-refractivity contribution in [3.05, 3.63) is 59.4 Å². The molecule has 2 aromatic rings. The number of benzene rings is 2. The monoisotopic (exact) mass is 428 g/mol. The number of aliphatic hydroxyl groups is 1. The van der Waals surface area contributed by atoms with Crippen LogP contribution in [0.4, 0.5) is 4.39 Å². The molecule has 1 amide bonds. The standard InChI is InChI=1S/C24H29FN2O4/c1-17(28)26-24(19-5-2-3-6-20(19)25)9-11-27(12-10-24)16-21(29)18-7-8-22-23(15-18)31-14-4-13-30-22/h2-3,5-8,15,21,29H,4,9-14,16H2,1H3,(H,26,28). The number of hydrogen-bond acceptors (Lipinski definition) is 5. The lowest BCUT2D eigenvalue weighted by Gasteiger charge is -2.43. The van der Waals surface area contributed by atoms with Gasteiger partial charge < -0.3 is 24.8 Å². The lowest BCUT2D eigenvalue weighted by Crippen LogP contribution is -2.53. The Labute approximate surface area is 182 Å². The van der Waals surface area contributed by atoms with Crippen LogP contribution >= 0.6 is 0 Å². The third-order valence-electron chi connectivity index (χ3n) is 6.10. The fraction of sp³-hybridized carbons (Fsp3) is 0.458. The van der Waals surface area contributed by atoms with E-state index in [1.54, 1.807) is 18.2 Å². The Bertz CT molecular complexity index is 928. The SMILES string of the molecule is CC(=O)NC1(c2ccccc2F)CCN(CC(O)c2ccc3c(c2)OCCCO3)CC1. The number of aliphatic hydroxyl groups excluding tert-OH is 1. The maximum Gasteiger partial charge on any atom is 0.217 e. The maximum absolute atomic E-state index is 14.5. The van der Waals surface area contributed by atoms with Crippen molar-refractivity contribution in [3.8, 4) is 11.5 Å². The quantitative estimate of drug-likeness (QED) is 0.766. The van der Waals surface area contributed by atoms with Gasteiger partial charge in [0, 0.05) is 38.5 Å². The molecule has 31 heavy (non-hydrogen) atoms. The molecule has 0 bridgehead atoms. The van der Waals surface area contributed by atoms with Gasteiger partial charge >= 0.3 is 0 Å². The molecule has 1 atom stereocenters. The Balaban J connectivity index is 1.43. The zero-order chi connectivity index (χ0) is 21.8. The van der Waals surface area contributed by atoms with Crippen molar-refractivity contribution in [1.82, 2.24) is 10.2 Å². The number of likely N-dealkylation sites (tertiary alicyclic amines) is 1. The van der Waals surface area contributed by atoms with Crippen molar-refractivity contribution in [3.63, 3.8) is 0 Å². The minimum Gasteiger partial charge on any atom is -0.490 e. The third-order valence-corrected chi connectivity index (χ3v) is 6.10. The molecule has 7 heteroatoms. The average Bonchev–Trinajstić information content (AvgIpc) is 3.00. The summed E-state index contributed by atoms with van der Waals surface area (Å²) in [6.45, 7) is 4.41. The predicted octanol–water partition coefficient (Wildman–Crippen LogP) is 3.15. The van der Waals surface area contributed by atoms with Gasteiger partial charge in [-0.1, -0.05) is 24.3 Å². The number of rotatable bonds is 5. The van der Waals surface area contributed by atoms with E-state index < -0.39 is 11.6 Å². The molecule has 1 unspecified atom stereocenters. The Morgan fingerprint density at radius 3 is 2.58 bits per heavy atom. The number of amides is 1. The van der Waals surface area contributed by atoms with Crippen LogP contribution in [0, 0.1) is 5.82 Å². The first-order valence-electron chi connectivity index (χ1n) is 10.8. The van der Waals surface area contributed by atoms with E-state index in [9.17, 15) is 14.3 Å². The Hall–Kier alpha value is -2.64. The van der Waals surface area contributed by atoms with Gasteiger partial charge in [0.2, 0.25) is 5.91 Å². The average molecular weight is 429 g/mol. The van der Waals surface area contributed by atoms with Crippen molar-refractivity contribution in [2.24, 2.45) is 0 Å². The van der Waals surface area contributed by atoms with Crippen LogP contribution in [0.15, 0.2) is 42.5 Å². The van der Waals surface area contributed by atoms with Crippen molar-refractivity contribution in [2.45, 2.75) is 37.8 Å². The highest BCUT2D eigenvalue weighted by atomic mass is 19.1. The number of nitrogens with zero attached hydrogens (tertiary/aromatic N) is 1. The van der Waals surface area contributed by atoms with Gasteiger partial charge in [-0.05, 0) is 36.6 Å². The second kappa shape index (κ2) is 9.24. The maximum atomic E-state index is 14.5. The summed E-state index contributed by atoms with van der Waals surface area (Å²) in [7, 11) is 0. The Morgan fingerprint density at radius 2 is 1.87 bits per heavy atom. The highest BCUT2D eigenvalue weighted by molar-refractivity contribution is 5.74. The van der Waals surface area contributed by atoms with Gasteiger partial charge in [-0.2, -0.15) is 0 Å². The van der Waals surface area contributed by atoms with Crippen molar-refractivity contribution in [1.29, 1.82) is 0 Å². The van der Waals surface area contributed by atoms with Gasteiger partial charge in [0.05, 0.1) is 24.9 Å². The normalized spacial score (nSPS) is 19.3. The van der Waals surface area contributed by atoms with Gasteiger partial charge in [-0.3, -0.25) is 4.79 Å². The number of carbonyl (C=O) groups excluding carboxylic acids is 1. The summed E-state index contributed by atoms with van der Waals surface area (Å²) in [5, 5.41) is 13.8. The second-order valence-electron chi connectivity index (χ2n) is 8.32. The molecular weight excluding hydrogens is 399 g/mol. The molecule has 166 valence electrons. The van der Waals surface area contributed by atoms with Crippen molar-refractivity contribution in [2.75, 3.05) is 32.8 Å². The molecule has 2 aliphatic heterocycles. The van der Waals surface area contributed by atoms with E-state index in [0.717, 1.165) is 12.0 Å². The zero-order valence-corrected chi connectivity index (χ0v) is 17.8. The van der Waals surface area contributed by atoms with E-state index in [1.165, 1.54) is 13.0 Å². The summed E-state index contributed by atoms with van der Waals surface area (Å²) in [6, 6.07) is 12.2. The first kappa shape index (κ1) is 21.6. The van der Waals surface area contributed by atoms with Gasteiger partial charge in [0.15, 0.2) is 11.5 Å². The molecule has 0 radical (unpaired) electrons. The van der Waals surface area contributed by atoms with Crippen LogP contribution in [0.2, 0.25) is 0 Å². The molecule has 2 heterocycles. The number of β-amino-alcohol motifs (C(OH)–C–C–N with tert-alkyl or cyclic N) is 1. The molecule has 0 aromatic heterocycles. The minimum absolute atomic E-state index is 0.177. The van der Waals surface area contributed by atoms with E-state index in [4.69, 9.17) is 9.47 Å². The number of ether oxygens (including phenoxy) is 2. The summed E-state index contributed by atoms with van der Waals surface area (Å²) in [5.41, 5.74) is 0.568. The summed E-state index contributed by atoms with van der Waals surface area (Å²) >= 11 is 0. The number of fused-ring (bicyclic) bond motifs is 1. The first-order valence-corrected chi connectivity index (χ1v) is 10.8. The number of piperidine rings is 1.